The predicted octanol–water partition coefficient (Wildman–Crippen LogP) is 12.1. The molecule has 5 aromatic rings. The highest BCUT2D eigenvalue weighted by atomic mass is 32.2. The fourth-order valence-electron chi connectivity index (χ4n) is 7.57. The first-order valence-corrected chi connectivity index (χ1v) is 20.5. The number of carbonyl (C=O) groups excluding carboxylic acids is 2. The summed E-state index contributed by atoms with van der Waals surface area (Å²) in [4.78, 5) is 37.9. The van der Waals surface area contributed by atoms with Crippen LogP contribution < -0.4 is 4.90 Å². The average molecular weight is 762 g/mol. The summed E-state index contributed by atoms with van der Waals surface area (Å²) in [5.74, 6) is 0.771. The van der Waals surface area contributed by atoms with Gasteiger partial charge in [-0.05, 0) is 60.2 Å². The predicted molar refractivity (Wildman–Crippen MR) is 229 cm³/mol. The number of carbonyl (C=O) groups is 2. The Morgan fingerprint density at radius 2 is 1.41 bits per heavy atom. The number of benzene rings is 5. The van der Waals surface area contributed by atoms with E-state index in [0.29, 0.717) is 11.4 Å². The van der Waals surface area contributed by atoms with E-state index in [4.69, 9.17) is 9.68 Å². The van der Waals surface area contributed by atoms with Crippen LogP contribution in [0.25, 0.3) is 10.8 Å². The number of hydrogen-bond donors (Lipinski definition) is 0. The molecule has 56 heavy (non-hydrogen) atoms. The van der Waals surface area contributed by atoms with Crippen molar-refractivity contribution in [3.8, 4) is 0 Å². The summed E-state index contributed by atoms with van der Waals surface area (Å²) in [6.45, 7) is 2.72. The number of allylic oxidation sites excluding steroid dienone is 4. The van der Waals surface area contributed by atoms with Crippen LogP contribution in [0, 0.1) is 11.8 Å². The monoisotopic (exact) mass is 761 g/mol. The van der Waals surface area contributed by atoms with Crippen molar-refractivity contribution in [1.82, 2.24) is 0 Å². The van der Waals surface area contributed by atoms with E-state index in [1.165, 1.54) is 52.4 Å². The first-order valence-electron chi connectivity index (χ1n) is 19.5. The Kier molecular flexibility index (Phi) is 12.9. The third-order valence-corrected chi connectivity index (χ3v) is 11.4. The van der Waals surface area contributed by atoms with Gasteiger partial charge in [0.25, 0.3) is 0 Å². The van der Waals surface area contributed by atoms with Gasteiger partial charge in [0.1, 0.15) is 5.71 Å². The molecule has 0 spiro atoms. The highest BCUT2D eigenvalue weighted by Gasteiger charge is 2.24. The second-order valence-corrected chi connectivity index (χ2v) is 15.4. The minimum atomic E-state index is -0.484. The number of fused-ring (bicyclic) bond motifs is 1. The van der Waals surface area contributed by atoms with E-state index >= 15 is 0 Å². The molecule has 2 aliphatic carbocycles. The topological polar surface area (TPSA) is 80.6 Å². The molecule has 7 nitrogen and oxygen atoms in total. The van der Waals surface area contributed by atoms with E-state index in [9.17, 15) is 9.59 Å². The molecule has 0 saturated heterocycles. The van der Waals surface area contributed by atoms with E-state index in [-0.39, 0.29) is 5.92 Å². The third-order valence-electron chi connectivity index (χ3n) is 10.3. The minimum absolute atomic E-state index is 0.0600. The summed E-state index contributed by atoms with van der Waals surface area (Å²) in [5, 5.41) is 11.0. The molecule has 0 radical (unpaired) electrons. The van der Waals surface area contributed by atoms with Gasteiger partial charge in [-0.2, -0.15) is 0 Å². The molecule has 0 N–H and O–H groups in total. The van der Waals surface area contributed by atoms with Gasteiger partial charge >= 0.3 is 11.9 Å². The number of thioether (sulfide) groups is 1. The Bertz CT molecular complexity index is 2270. The van der Waals surface area contributed by atoms with Gasteiger partial charge in [0, 0.05) is 52.4 Å². The highest BCUT2D eigenvalue weighted by molar-refractivity contribution is 7.99. The molecule has 0 aliphatic heterocycles. The van der Waals surface area contributed by atoms with Crippen molar-refractivity contribution in [2.24, 2.45) is 22.1 Å². The summed E-state index contributed by atoms with van der Waals surface area (Å²) >= 11 is 1.89. The van der Waals surface area contributed by atoms with Crippen molar-refractivity contribution in [2.45, 2.75) is 63.7 Å². The lowest BCUT2D eigenvalue weighted by Gasteiger charge is -2.30. The van der Waals surface area contributed by atoms with Crippen LogP contribution in [0.3, 0.4) is 0 Å². The Morgan fingerprint density at radius 1 is 0.714 bits per heavy atom. The standard InChI is InChI=1S/C48H47N3O4S/c1-34(52)54-49-47(38-18-8-4-9-19-38)40-25-28-42(29-26-40)51(44-24-14-22-37-17-12-13-23-43(37)44)45-33-41(48(50-55-35(2)53)39-20-10-5-11-21-39)27-30-46(45)56-32-31-36-15-6-3-7-16-36/h4-5,8-14,17-20,22-30,33,36,39H,3,6-7,15-16,21,31-32H2,1-2H3/b49-47-,50-48-. The quantitative estimate of drug-likeness (QED) is 0.0514. The number of oxime groups is 2. The summed E-state index contributed by atoms with van der Waals surface area (Å²) in [6, 6.07) is 39.3. The van der Waals surface area contributed by atoms with Crippen LogP contribution in [0.2, 0.25) is 0 Å². The van der Waals surface area contributed by atoms with Gasteiger partial charge in [0.2, 0.25) is 0 Å². The van der Waals surface area contributed by atoms with Gasteiger partial charge in [0.15, 0.2) is 0 Å². The van der Waals surface area contributed by atoms with Crippen molar-refractivity contribution in [1.29, 1.82) is 0 Å². The summed E-state index contributed by atoms with van der Waals surface area (Å²) in [5.41, 5.74) is 6.75. The summed E-state index contributed by atoms with van der Waals surface area (Å²) < 4.78 is 0. The zero-order chi connectivity index (χ0) is 38.7. The van der Waals surface area contributed by atoms with Crippen LogP contribution in [0.5, 0.6) is 0 Å². The molecule has 0 amide bonds. The lowest BCUT2D eigenvalue weighted by Crippen LogP contribution is -2.18. The van der Waals surface area contributed by atoms with Crippen LogP contribution >= 0.6 is 11.8 Å². The minimum Gasteiger partial charge on any atom is -0.318 e. The fraction of sp³-hybridized carbons (Fsp3) is 0.250. The largest absolute Gasteiger partial charge is 0.332 e. The Morgan fingerprint density at radius 3 is 2.16 bits per heavy atom. The smallest absolute Gasteiger partial charge is 0.318 e. The number of rotatable bonds is 13. The van der Waals surface area contributed by atoms with Crippen LogP contribution in [-0.2, 0) is 19.3 Å². The summed E-state index contributed by atoms with van der Waals surface area (Å²) in [6.07, 6.45) is 16.8. The fourth-order valence-corrected chi connectivity index (χ4v) is 8.71. The van der Waals surface area contributed by atoms with Crippen LogP contribution in [0.15, 0.2) is 155 Å². The van der Waals surface area contributed by atoms with Crippen LogP contribution in [-0.4, -0.2) is 29.1 Å². The van der Waals surface area contributed by atoms with Gasteiger partial charge in [0.05, 0.1) is 17.1 Å². The van der Waals surface area contributed by atoms with Crippen molar-refractivity contribution >= 4 is 63.0 Å². The van der Waals surface area contributed by atoms with Gasteiger partial charge in [-0.1, -0.05) is 152 Å². The molecule has 8 heteroatoms. The van der Waals surface area contributed by atoms with Crippen LogP contribution in [0.1, 0.15) is 75.5 Å². The maximum Gasteiger partial charge on any atom is 0.332 e. The van der Waals surface area contributed by atoms with E-state index < -0.39 is 11.9 Å². The van der Waals surface area contributed by atoms with Gasteiger partial charge in [-0.25, -0.2) is 9.59 Å². The van der Waals surface area contributed by atoms with Gasteiger partial charge in [-0.3, -0.25) is 0 Å². The van der Waals surface area contributed by atoms with Crippen molar-refractivity contribution in [2.75, 3.05) is 10.7 Å². The lowest BCUT2D eigenvalue weighted by atomic mass is 9.88. The van der Waals surface area contributed by atoms with Gasteiger partial charge < -0.3 is 14.6 Å². The number of anilines is 3. The first-order chi connectivity index (χ1) is 27.4. The van der Waals surface area contributed by atoms with E-state index in [0.717, 1.165) is 67.5 Å². The van der Waals surface area contributed by atoms with E-state index in [2.05, 4.69) is 100 Å². The molecule has 1 saturated carbocycles. The van der Waals surface area contributed by atoms with Crippen molar-refractivity contribution < 1.29 is 19.3 Å². The normalized spacial score (nSPS) is 16.1. The Labute approximate surface area is 333 Å². The molecule has 7 rings (SSSR count). The molecule has 0 heterocycles. The van der Waals surface area contributed by atoms with Gasteiger partial charge in [-0.15, -0.1) is 11.8 Å². The second-order valence-electron chi connectivity index (χ2n) is 14.3. The maximum absolute atomic E-state index is 12.1. The molecule has 1 atom stereocenters. The van der Waals surface area contributed by atoms with Crippen molar-refractivity contribution in [3.05, 3.63) is 156 Å². The molecular weight excluding hydrogens is 715 g/mol. The lowest BCUT2D eigenvalue weighted by molar-refractivity contribution is -0.141. The SMILES string of the molecule is CC(=O)O/N=C(/c1ccccc1)c1ccc(N(c2cc(/C(=N\OC(C)=O)C3C=CC=CC3)ccc2SCCC2CCCCC2)c2cccc3ccccc23)cc1. The number of nitrogens with zero attached hydrogens (tertiary/aromatic N) is 3. The molecular formula is C48H47N3O4S. The Balaban J connectivity index is 1.38. The van der Waals surface area contributed by atoms with Crippen molar-refractivity contribution in [3.63, 3.8) is 0 Å². The first kappa shape index (κ1) is 38.5. The van der Waals surface area contributed by atoms with E-state index in [1.54, 1.807) is 0 Å². The average Bonchev–Trinajstić information content (AvgIpc) is 3.23. The molecule has 0 bridgehead atoms. The third kappa shape index (κ3) is 9.55. The zero-order valence-electron chi connectivity index (χ0n) is 32.0. The molecule has 2 aliphatic rings. The molecule has 1 unspecified atom stereocenters. The molecule has 0 aromatic heterocycles. The zero-order valence-corrected chi connectivity index (χ0v) is 32.8. The molecule has 1 fully saturated rings. The summed E-state index contributed by atoms with van der Waals surface area (Å²) in [7, 11) is 0. The highest BCUT2D eigenvalue weighted by Crippen LogP contribution is 2.44. The van der Waals surface area contributed by atoms with Crippen LogP contribution in [0.4, 0.5) is 17.1 Å². The maximum atomic E-state index is 12.1. The molecule has 284 valence electrons. The van der Waals surface area contributed by atoms with E-state index in [1.807, 2.05) is 66.4 Å². The molecule has 5 aromatic carbocycles. The Hall–Kier alpha value is -5.73. The number of hydrogen-bond acceptors (Lipinski definition) is 8. The second kappa shape index (κ2) is 18.7.